The standard InChI is InChI=1S/C18H31NO4/c1-17(2,3)22-15(20)14-13(11-12-7-8-12)9-10-19(14)16(21)23-18(4,5)6/h12-14H,7-11H2,1-6H3/t13-,14+/m0/s1. The summed E-state index contributed by atoms with van der Waals surface area (Å²) in [5.41, 5.74) is -1.12. The van der Waals surface area contributed by atoms with E-state index in [0.29, 0.717) is 12.5 Å². The number of rotatable bonds is 3. The van der Waals surface area contributed by atoms with Crippen molar-refractivity contribution in [3.63, 3.8) is 0 Å². The van der Waals surface area contributed by atoms with Crippen LogP contribution in [0.2, 0.25) is 0 Å². The lowest BCUT2D eigenvalue weighted by atomic mass is 9.94. The maximum absolute atomic E-state index is 12.7. The lowest BCUT2D eigenvalue weighted by Crippen LogP contribution is -2.47. The molecule has 0 aromatic rings. The molecule has 1 heterocycles. The van der Waals surface area contributed by atoms with Gasteiger partial charge in [0.25, 0.3) is 0 Å². The first-order valence-electron chi connectivity index (χ1n) is 8.69. The van der Waals surface area contributed by atoms with Gasteiger partial charge in [0.2, 0.25) is 0 Å². The lowest BCUT2D eigenvalue weighted by Gasteiger charge is -2.31. The van der Waals surface area contributed by atoms with E-state index in [9.17, 15) is 9.59 Å². The number of ether oxygens (including phenoxy) is 2. The summed E-state index contributed by atoms with van der Waals surface area (Å²) >= 11 is 0. The van der Waals surface area contributed by atoms with Gasteiger partial charge in [0, 0.05) is 6.54 Å². The van der Waals surface area contributed by atoms with Crippen LogP contribution < -0.4 is 0 Å². The van der Waals surface area contributed by atoms with Crippen molar-refractivity contribution in [1.29, 1.82) is 0 Å². The molecule has 1 aliphatic carbocycles. The molecule has 2 atom stereocenters. The Bertz CT molecular complexity index is 457. The molecule has 132 valence electrons. The van der Waals surface area contributed by atoms with E-state index in [1.165, 1.54) is 12.8 Å². The molecular formula is C18H31NO4. The average molecular weight is 325 g/mol. The summed E-state index contributed by atoms with van der Waals surface area (Å²) in [6, 6.07) is -0.510. The van der Waals surface area contributed by atoms with Crippen molar-refractivity contribution in [2.75, 3.05) is 6.54 Å². The molecule has 23 heavy (non-hydrogen) atoms. The van der Waals surface area contributed by atoms with Gasteiger partial charge in [0.05, 0.1) is 0 Å². The molecular weight excluding hydrogens is 294 g/mol. The molecule has 0 aromatic carbocycles. The fourth-order valence-corrected chi connectivity index (χ4v) is 3.09. The smallest absolute Gasteiger partial charge is 0.411 e. The third-order valence-electron chi connectivity index (χ3n) is 4.13. The summed E-state index contributed by atoms with van der Waals surface area (Å²) in [5, 5.41) is 0. The minimum atomic E-state index is -0.565. The van der Waals surface area contributed by atoms with Crippen LogP contribution in [0.5, 0.6) is 0 Å². The zero-order chi connectivity index (χ0) is 17.4. The van der Waals surface area contributed by atoms with Gasteiger partial charge in [-0.25, -0.2) is 9.59 Å². The zero-order valence-corrected chi connectivity index (χ0v) is 15.3. The van der Waals surface area contributed by atoms with Crippen LogP contribution in [0.4, 0.5) is 4.79 Å². The van der Waals surface area contributed by atoms with Crippen LogP contribution in [-0.2, 0) is 14.3 Å². The van der Waals surface area contributed by atoms with Crippen molar-refractivity contribution in [1.82, 2.24) is 4.90 Å². The average Bonchev–Trinajstić information content (AvgIpc) is 3.01. The van der Waals surface area contributed by atoms with Crippen molar-refractivity contribution >= 4 is 12.1 Å². The van der Waals surface area contributed by atoms with Gasteiger partial charge in [0.15, 0.2) is 0 Å². The highest BCUT2D eigenvalue weighted by atomic mass is 16.6. The van der Waals surface area contributed by atoms with Gasteiger partial charge in [0.1, 0.15) is 17.2 Å². The fraction of sp³-hybridized carbons (Fsp3) is 0.889. The number of nitrogens with zero attached hydrogens (tertiary/aromatic N) is 1. The van der Waals surface area contributed by atoms with Gasteiger partial charge in [-0.3, -0.25) is 4.90 Å². The van der Waals surface area contributed by atoms with Crippen LogP contribution in [0, 0.1) is 11.8 Å². The third kappa shape index (κ3) is 5.40. The van der Waals surface area contributed by atoms with Crippen molar-refractivity contribution < 1.29 is 19.1 Å². The lowest BCUT2D eigenvalue weighted by molar-refractivity contribution is -0.161. The van der Waals surface area contributed by atoms with Crippen LogP contribution in [-0.4, -0.2) is 40.8 Å². The molecule has 0 unspecified atom stereocenters. The summed E-state index contributed by atoms with van der Waals surface area (Å²) in [6.07, 6.45) is 3.92. The highest BCUT2D eigenvalue weighted by molar-refractivity contribution is 5.83. The first-order valence-corrected chi connectivity index (χ1v) is 8.69. The molecule has 0 radical (unpaired) electrons. The molecule has 1 aliphatic heterocycles. The van der Waals surface area contributed by atoms with Crippen LogP contribution in [0.25, 0.3) is 0 Å². The Hall–Kier alpha value is -1.26. The summed E-state index contributed by atoms with van der Waals surface area (Å²) < 4.78 is 11.1. The summed E-state index contributed by atoms with van der Waals surface area (Å²) in [7, 11) is 0. The van der Waals surface area contributed by atoms with E-state index in [1.807, 2.05) is 41.5 Å². The molecule has 2 fully saturated rings. The van der Waals surface area contributed by atoms with E-state index in [0.717, 1.165) is 12.8 Å². The predicted molar refractivity (Wildman–Crippen MR) is 88.0 cm³/mol. The van der Waals surface area contributed by atoms with Crippen molar-refractivity contribution in [2.45, 2.75) is 84.5 Å². The molecule has 1 saturated carbocycles. The predicted octanol–water partition coefficient (Wildman–Crippen LogP) is 3.75. The fourth-order valence-electron chi connectivity index (χ4n) is 3.09. The molecule has 0 N–H and O–H groups in total. The Morgan fingerprint density at radius 1 is 0.957 bits per heavy atom. The number of hydrogen-bond donors (Lipinski definition) is 0. The number of esters is 1. The van der Waals surface area contributed by atoms with Crippen LogP contribution >= 0.6 is 0 Å². The van der Waals surface area contributed by atoms with Crippen molar-refractivity contribution in [3.8, 4) is 0 Å². The maximum atomic E-state index is 12.7. The molecule has 0 spiro atoms. The second kappa shape index (κ2) is 6.33. The highest BCUT2D eigenvalue weighted by Crippen LogP contribution is 2.41. The van der Waals surface area contributed by atoms with Gasteiger partial charge in [-0.15, -0.1) is 0 Å². The van der Waals surface area contributed by atoms with Crippen molar-refractivity contribution in [2.24, 2.45) is 11.8 Å². The third-order valence-corrected chi connectivity index (χ3v) is 4.13. The van der Waals surface area contributed by atoms with E-state index in [2.05, 4.69) is 0 Å². The highest BCUT2D eigenvalue weighted by Gasteiger charge is 2.46. The quantitative estimate of drug-likeness (QED) is 0.742. The SMILES string of the molecule is CC(C)(C)OC(=O)[C@H]1[C@H](CC2CC2)CCN1C(=O)OC(C)(C)C. The minimum Gasteiger partial charge on any atom is -0.458 e. The Morgan fingerprint density at radius 2 is 1.52 bits per heavy atom. The Balaban J connectivity index is 2.12. The molecule has 2 rings (SSSR count). The summed E-state index contributed by atoms with van der Waals surface area (Å²) in [6.45, 7) is 11.6. The molecule has 0 bridgehead atoms. The van der Waals surface area contributed by atoms with Gasteiger partial charge in [-0.1, -0.05) is 12.8 Å². The van der Waals surface area contributed by atoms with Gasteiger partial charge in [-0.05, 0) is 66.2 Å². The molecule has 0 aromatic heterocycles. The number of carbonyl (C=O) groups is 2. The molecule has 1 amide bonds. The van der Waals surface area contributed by atoms with Crippen LogP contribution in [0.3, 0.4) is 0 Å². The number of amides is 1. The molecule has 2 aliphatic rings. The van der Waals surface area contributed by atoms with E-state index in [4.69, 9.17) is 9.47 Å². The molecule has 5 nitrogen and oxygen atoms in total. The van der Waals surface area contributed by atoms with E-state index >= 15 is 0 Å². The van der Waals surface area contributed by atoms with Crippen molar-refractivity contribution in [3.05, 3.63) is 0 Å². The maximum Gasteiger partial charge on any atom is 0.411 e. The minimum absolute atomic E-state index is 0.185. The normalized spacial score (nSPS) is 25.4. The molecule has 5 heteroatoms. The topological polar surface area (TPSA) is 55.8 Å². The Labute approximate surface area is 139 Å². The van der Waals surface area contributed by atoms with E-state index < -0.39 is 23.3 Å². The number of hydrogen-bond acceptors (Lipinski definition) is 4. The van der Waals surface area contributed by atoms with E-state index in [-0.39, 0.29) is 11.9 Å². The Morgan fingerprint density at radius 3 is 2.00 bits per heavy atom. The summed E-state index contributed by atoms with van der Waals surface area (Å²) in [5.74, 6) is 0.597. The number of likely N-dealkylation sites (tertiary alicyclic amines) is 1. The van der Waals surface area contributed by atoms with Crippen LogP contribution in [0.15, 0.2) is 0 Å². The second-order valence-corrected chi connectivity index (χ2v) is 8.88. The largest absolute Gasteiger partial charge is 0.458 e. The van der Waals surface area contributed by atoms with Gasteiger partial charge >= 0.3 is 12.1 Å². The monoisotopic (exact) mass is 325 g/mol. The number of carbonyl (C=O) groups excluding carboxylic acids is 2. The van der Waals surface area contributed by atoms with E-state index in [1.54, 1.807) is 4.90 Å². The second-order valence-electron chi connectivity index (χ2n) is 8.88. The van der Waals surface area contributed by atoms with Crippen LogP contribution in [0.1, 0.15) is 67.2 Å². The van der Waals surface area contributed by atoms with Gasteiger partial charge in [-0.2, -0.15) is 0 Å². The zero-order valence-electron chi connectivity index (χ0n) is 15.3. The first kappa shape index (κ1) is 18.1. The first-order chi connectivity index (χ1) is 10.5. The molecule has 1 saturated heterocycles. The Kier molecular flexibility index (Phi) is 4.97. The summed E-state index contributed by atoms with van der Waals surface area (Å²) in [4.78, 5) is 26.7. The van der Waals surface area contributed by atoms with Gasteiger partial charge < -0.3 is 9.47 Å².